The van der Waals surface area contributed by atoms with Crippen molar-refractivity contribution >= 4 is 11.9 Å². The van der Waals surface area contributed by atoms with Gasteiger partial charge in [0.05, 0.1) is 6.10 Å². The molecule has 0 aromatic heterocycles. The lowest BCUT2D eigenvalue weighted by Gasteiger charge is -2.20. The van der Waals surface area contributed by atoms with E-state index in [4.69, 9.17) is 29.3 Å². The highest BCUT2D eigenvalue weighted by molar-refractivity contribution is 6.27. The zero-order valence-electron chi connectivity index (χ0n) is 17.2. The number of ether oxygens (including phenoxy) is 2. The summed E-state index contributed by atoms with van der Waals surface area (Å²) in [6, 6.07) is 6.52. The highest BCUT2D eigenvalue weighted by atomic mass is 16.5. The minimum absolute atomic E-state index is 0.397. The molecule has 1 aromatic rings. The van der Waals surface area contributed by atoms with Gasteiger partial charge in [-0.3, -0.25) is 0 Å². The second kappa shape index (κ2) is 12.4. The molecule has 7 nitrogen and oxygen atoms in total. The molecule has 1 aliphatic heterocycles. The fourth-order valence-electron chi connectivity index (χ4n) is 2.94. The van der Waals surface area contributed by atoms with Gasteiger partial charge in [0, 0.05) is 19.7 Å². The predicted octanol–water partition coefficient (Wildman–Crippen LogP) is 3.24. The number of rotatable bonds is 8. The Balaban J connectivity index is 0.000000568. The van der Waals surface area contributed by atoms with E-state index >= 15 is 0 Å². The second-order valence-corrected chi connectivity index (χ2v) is 7.37. The molecule has 3 N–H and O–H groups in total. The maximum Gasteiger partial charge on any atom is 0.414 e. The van der Waals surface area contributed by atoms with Crippen molar-refractivity contribution in [1.82, 2.24) is 5.32 Å². The molecule has 7 heteroatoms. The third kappa shape index (κ3) is 8.27. The number of carbonyl (C=O) groups is 2. The average molecular weight is 395 g/mol. The lowest BCUT2D eigenvalue weighted by atomic mass is 9.94. The van der Waals surface area contributed by atoms with E-state index in [1.54, 1.807) is 0 Å². The highest BCUT2D eigenvalue weighted by Crippen LogP contribution is 2.34. The number of hydrogen-bond acceptors (Lipinski definition) is 5. The molecule has 0 radical (unpaired) electrons. The van der Waals surface area contributed by atoms with Crippen molar-refractivity contribution in [2.75, 3.05) is 26.3 Å². The van der Waals surface area contributed by atoms with E-state index in [-0.39, 0.29) is 0 Å². The van der Waals surface area contributed by atoms with Crippen LogP contribution in [0.2, 0.25) is 0 Å². The SMILES string of the molecule is CC(C)c1cccc(C(C)C)c1OCCNCC1CCCO1.O=C(O)C(=O)O. The molecule has 0 bridgehead atoms. The van der Waals surface area contributed by atoms with Crippen LogP contribution in [-0.4, -0.2) is 54.6 Å². The summed E-state index contributed by atoms with van der Waals surface area (Å²) in [6.45, 7) is 12.3. The largest absolute Gasteiger partial charge is 0.492 e. The molecular formula is C21H33NO6. The highest BCUT2D eigenvalue weighted by Gasteiger charge is 2.16. The van der Waals surface area contributed by atoms with E-state index in [0.717, 1.165) is 25.4 Å². The van der Waals surface area contributed by atoms with Gasteiger partial charge < -0.3 is 25.0 Å². The Hall–Kier alpha value is -2.12. The van der Waals surface area contributed by atoms with Crippen LogP contribution in [0.4, 0.5) is 0 Å². The van der Waals surface area contributed by atoms with Crippen LogP contribution in [0.1, 0.15) is 63.5 Å². The van der Waals surface area contributed by atoms with Gasteiger partial charge in [-0.25, -0.2) is 9.59 Å². The average Bonchev–Trinajstić information content (AvgIpc) is 3.15. The van der Waals surface area contributed by atoms with Crippen LogP contribution < -0.4 is 10.1 Å². The zero-order chi connectivity index (χ0) is 21.1. The maximum atomic E-state index is 9.10. The lowest BCUT2D eigenvalue weighted by Crippen LogP contribution is -2.29. The van der Waals surface area contributed by atoms with Gasteiger partial charge in [-0.05, 0) is 35.8 Å². The number of carboxylic acid groups (broad SMARTS) is 2. The minimum atomic E-state index is -1.82. The Morgan fingerprint density at radius 1 is 1.14 bits per heavy atom. The summed E-state index contributed by atoms with van der Waals surface area (Å²) in [5.41, 5.74) is 2.62. The lowest BCUT2D eigenvalue weighted by molar-refractivity contribution is -0.159. The third-order valence-corrected chi connectivity index (χ3v) is 4.42. The molecule has 1 aromatic carbocycles. The molecule has 1 atom stereocenters. The molecule has 1 heterocycles. The van der Waals surface area contributed by atoms with Crippen LogP contribution >= 0.6 is 0 Å². The van der Waals surface area contributed by atoms with Crippen molar-refractivity contribution in [3.05, 3.63) is 29.3 Å². The van der Waals surface area contributed by atoms with Crippen molar-refractivity contribution in [1.29, 1.82) is 0 Å². The van der Waals surface area contributed by atoms with Gasteiger partial charge in [-0.2, -0.15) is 0 Å². The summed E-state index contributed by atoms with van der Waals surface area (Å²) in [4.78, 5) is 18.2. The smallest absolute Gasteiger partial charge is 0.414 e. The fourth-order valence-corrected chi connectivity index (χ4v) is 2.94. The van der Waals surface area contributed by atoms with Crippen LogP contribution in [-0.2, 0) is 14.3 Å². The summed E-state index contributed by atoms with van der Waals surface area (Å²) in [7, 11) is 0. The van der Waals surface area contributed by atoms with Gasteiger partial charge >= 0.3 is 11.9 Å². The number of para-hydroxylation sites is 1. The third-order valence-electron chi connectivity index (χ3n) is 4.42. The van der Waals surface area contributed by atoms with Gasteiger partial charge in [-0.15, -0.1) is 0 Å². The summed E-state index contributed by atoms with van der Waals surface area (Å²) in [5.74, 6) is -1.60. The number of benzene rings is 1. The van der Waals surface area contributed by atoms with Crippen LogP contribution in [0.5, 0.6) is 5.75 Å². The van der Waals surface area contributed by atoms with E-state index < -0.39 is 11.9 Å². The molecule has 0 aliphatic carbocycles. The first-order valence-corrected chi connectivity index (χ1v) is 9.78. The molecule has 1 aliphatic rings. The Labute approximate surface area is 167 Å². The van der Waals surface area contributed by atoms with Gasteiger partial charge in [0.15, 0.2) is 0 Å². The van der Waals surface area contributed by atoms with Crippen LogP contribution in [0.3, 0.4) is 0 Å². The van der Waals surface area contributed by atoms with Crippen LogP contribution in [0.15, 0.2) is 18.2 Å². The second-order valence-electron chi connectivity index (χ2n) is 7.37. The van der Waals surface area contributed by atoms with E-state index in [9.17, 15) is 0 Å². The topological polar surface area (TPSA) is 105 Å². The van der Waals surface area contributed by atoms with E-state index in [0.29, 0.717) is 24.5 Å². The molecular weight excluding hydrogens is 362 g/mol. The first-order valence-electron chi connectivity index (χ1n) is 9.78. The van der Waals surface area contributed by atoms with Gasteiger partial charge in [0.2, 0.25) is 0 Å². The number of hydrogen-bond donors (Lipinski definition) is 3. The molecule has 28 heavy (non-hydrogen) atoms. The standard InChI is InChI=1S/C19H31NO2.C2H2O4/c1-14(2)17-8-5-9-18(15(3)4)19(17)22-12-10-20-13-16-7-6-11-21-16;3-1(4)2(5)6/h5,8-9,14-16,20H,6-7,10-13H2,1-4H3;(H,3,4)(H,5,6). The summed E-state index contributed by atoms with van der Waals surface area (Å²) >= 11 is 0. The Bertz CT molecular complexity index is 585. The van der Waals surface area contributed by atoms with E-state index in [1.807, 2.05) is 0 Å². The molecule has 2 rings (SSSR count). The normalized spacial score (nSPS) is 16.0. The van der Waals surface area contributed by atoms with Gasteiger partial charge in [0.1, 0.15) is 12.4 Å². The Kier molecular flexibility index (Phi) is 10.6. The number of aliphatic carboxylic acids is 2. The van der Waals surface area contributed by atoms with E-state index in [2.05, 4.69) is 51.2 Å². The maximum absolute atomic E-state index is 9.10. The monoisotopic (exact) mass is 395 g/mol. The van der Waals surface area contributed by atoms with Crippen LogP contribution in [0.25, 0.3) is 0 Å². The molecule has 1 unspecified atom stereocenters. The van der Waals surface area contributed by atoms with Crippen molar-refractivity contribution < 1.29 is 29.3 Å². The van der Waals surface area contributed by atoms with Gasteiger partial charge in [-0.1, -0.05) is 45.9 Å². The van der Waals surface area contributed by atoms with Crippen molar-refractivity contribution in [3.63, 3.8) is 0 Å². The molecule has 158 valence electrons. The predicted molar refractivity (Wildman–Crippen MR) is 107 cm³/mol. The molecule has 1 saturated heterocycles. The fraction of sp³-hybridized carbons (Fsp3) is 0.619. The van der Waals surface area contributed by atoms with Crippen LogP contribution in [0, 0.1) is 0 Å². The Morgan fingerprint density at radius 2 is 1.71 bits per heavy atom. The first-order chi connectivity index (χ1) is 13.2. The van der Waals surface area contributed by atoms with E-state index in [1.165, 1.54) is 24.0 Å². The quantitative estimate of drug-likeness (QED) is 0.458. The molecule has 1 fully saturated rings. The van der Waals surface area contributed by atoms with Crippen molar-refractivity contribution in [2.45, 2.75) is 58.5 Å². The van der Waals surface area contributed by atoms with Gasteiger partial charge in [0.25, 0.3) is 0 Å². The first kappa shape index (κ1) is 23.9. The summed E-state index contributed by atoms with van der Waals surface area (Å²) in [5, 5.41) is 18.2. The molecule has 0 spiro atoms. The molecule has 0 saturated carbocycles. The zero-order valence-corrected chi connectivity index (χ0v) is 17.2. The molecule has 0 amide bonds. The van der Waals surface area contributed by atoms with Crippen molar-refractivity contribution in [3.8, 4) is 5.75 Å². The Morgan fingerprint density at radius 3 is 2.14 bits per heavy atom. The summed E-state index contributed by atoms with van der Waals surface area (Å²) < 4.78 is 11.8. The van der Waals surface area contributed by atoms with Crippen molar-refractivity contribution in [2.24, 2.45) is 0 Å². The summed E-state index contributed by atoms with van der Waals surface area (Å²) in [6.07, 6.45) is 2.78. The number of nitrogens with one attached hydrogen (secondary N) is 1. The minimum Gasteiger partial charge on any atom is -0.492 e. The number of carboxylic acids is 2.